The Morgan fingerprint density at radius 2 is 1.59 bits per heavy atom. The third-order valence-corrected chi connectivity index (χ3v) is 6.92. The van der Waals surface area contributed by atoms with E-state index in [-0.39, 0.29) is 18.7 Å². The second kappa shape index (κ2) is 19.4. The average molecular weight is 652 g/mol. The van der Waals surface area contributed by atoms with Crippen LogP contribution in [-0.4, -0.2) is 106 Å². The zero-order valence-electron chi connectivity index (χ0n) is 27.2. The number of carbonyl (C=O) groups excluding carboxylic acids is 6. The molecule has 1 aromatic rings. The molecule has 0 spiro atoms. The number of nitrogens with zero attached hydrogens (tertiary/aromatic N) is 1. The molecule has 1 unspecified atom stereocenters. The van der Waals surface area contributed by atoms with Crippen molar-refractivity contribution in [2.24, 2.45) is 11.7 Å². The van der Waals surface area contributed by atoms with Gasteiger partial charge in [0.05, 0.1) is 12.6 Å². The fraction of sp³-hybridized carbons (Fsp3) is 0.613. The van der Waals surface area contributed by atoms with Crippen molar-refractivity contribution in [2.45, 2.75) is 96.5 Å². The highest BCUT2D eigenvalue weighted by Gasteiger charge is 2.38. The summed E-state index contributed by atoms with van der Waals surface area (Å²) in [6, 6.07) is 1.65. The molecule has 0 aliphatic heterocycles. The number of nitrogens with one attached hydrogen (secondary N) is 3. The van der Waals surface area contributed by atoms with Gasteiger partial charge in [-0.2, -0.15) is 0 Å². The lowest BCUT2D eigenvalue weighted by Crippen LogP contribution is -2.59. The lowest BCUT2D eigenvalue weighted by atomic mass is 10.0. The molecule has 0 fully saturated rings. The van der Waals surface area contributed by atoms with E-state index in [1.807, 2.05) is 12.1 Å². The summed E-state index contributed by atoms with van der Waals surface area (Å²) in [4.78, 5) is 76.2. The monoisotopic (exact) mass is 651 g/mol. The van der Waals surface area contributed by atoms with Crippen LogP contribution in [0.3, 0.4) is 0 Å². The predicted octanol–water partition coefficient (Wildman–Crippen LogP) is -0.120. The first-order valence-corrected chi connectivity index (χ1v) is 15.2. The smallest absolute Gasteiger partial charge is 0.417 e. The molecule has 0 aromatic heterocycles. The molecule has 0 heterocycles. The number of rotatable bonds is 18. The number of ether oxygens (including phenoxy) is 1. The van der Waals surface area contributed by atoms with Crippen molar-refractivity contribution in [3.63, 3.8) is 0 Å². The molecule has 1 rings (SSSR count). The SMILES string of the molecule is C[C@H](NC(=O)[C@@H](N)CO)C(=O)N(C(=O)OC(C)(C)C)[C@@H](C)C(=O)NCC(CO)[C@@H](C=O)NC(=O)CCCCCc1ccc(O)cc1. The van der Waals surface area contributed by atoms with Gasteiger partial charge in [-0.3, -0.25) is 19.2 Å². The van der Waals surface area contributed by atoms with Crippen molar-refractivity contribution < 1.29 is 48.8 Å². The molecule has 0 aliphatic carbocycles. The van der Waals surface area contributed by atoms with Crippen LogP contribution in [0.4, 0.5) is 4.79 Å². The van der Waals surface area contributed by atoms with E-state index in [2.05, 4.69) is 16.0 Å². The standard InChI is InChI=1S/C31H49N5O10/c1-19(34-28(43)24(32)17-38)29(44)36(30(45)46-31(3,4)5)20(2)27(42)33-15-22(16-37)25(18-39)35-26(41)10-8-6-7-9-21-11-13-23(40)14-12-21/h11-14,18-20,22,24-25,37-38,40H,6-10,15-17,32H2,1-5H3,(H,33,42)(H,34,43)(H,35,41)/t19-,20-,22?,24-,25+/m0/s1. The largest absolute Gasteiger partial charge is 0.508 e. The summed E-state index contributed by atoms with van der Waals surface area (Å²) in [5.74, 6) is -3.82. The van der Waals surface area contributed by atoms with E-state index < -0.39 is 78.6 Å². The first-order chi connectivity index (χ1) is 21.5. The van der Waals surface area contributed by atoms with Crippen LogP contribution in [0.1, 0.15) is 65.9 Å². The molecule has 15 nitrogen and oxygen atoms in total. The van der Waals surface area contributed by atoms with Gasteiger partial charge in [-0.1, -0.05) is 18.6 Å². The molecular weight excluding hydrogens is 602 g/mol. The van der Waals surface area contributed by atoms with E-state index in [1.165, 1.54) is 13.8 Å². The Bertz CT molecular complexity index is 1170. The lowest BCUT2D eigenvalue weighted by molar-refractivity contribution is -0.141. The maximum atomic E-state index is 13.2. The molecule has 8 N–H and O–H groups in total. The molecule has 0 saturated carbocycles. The van der Waals surface area contributed by atoms with Gasteiger partial charge >= 0.3 is 6.09 Å². The number of aliphatic hydroxyl groups is 2. The number of imide groups is 1. The van der Waals surface area contributed by atoms with Crippen molar-refractivity contribution in [3.8, 4) is 5.75 Å². The zero-order chi connectivity index (χ0) is 35.0. The number of aryl methyl sites for hydroxylation is 1. The predicted molar refractivity (Wildman–Crippen MR) is 167 cm³/mol. The van der Waals surface area contributed by atoms with Gasteiger partial charge in [-0.25, -0.2) is 9.69 Å². The zero-order valence-corrected chi connectivity index (χ0v) is 27.2. The molecule has 258 valence electrons. The summed E-state index contributed by atoms with van der Waals surface area (Å²) in [7, 11) is 0. The lowest BCUT2D eigenvalue weighted by Gasteiger charge is -2.32. The van der Waals surface area contributed by atoms with E-state index in [1.54, 1.807) is 32.9 Å². The summed E-state index contributed by atoms with van der Waals surface area (Å²) < 4.78 is 5.30. The van der Waals surface area contributed by atoms with Gasteiger partial charge < -0.3 is 46.5 Å². The average Bonchev–Trinajstić information content (AvgIpc) is 2.99. The Hall–Kier alpha value is -4.08. The second-order valence-corrected chi connectivity index (χ2v) is 12.0. The number of phenols is 1. The van der Waals surface area contributed by atoms with Crippen molar-refractivity contribution >= 4 is 36.0 Å². The number of aromatic hydroxyl groups is 1. The minimum atomic E-state index is -1.46. The van der Waals surface area contributed by atoms with E-state index in [9.17, 15) is 39.0 Å². The van der Waals surface area contributed by atoms with E-state index in [4.69, 9.17) is 15.6 Å². The van der Waals surface area contributed by atoms with Crippen LogP contribution < -0.4 is 21.7 Å². The second-order valence-electron chi connectivity index (χ2n) is 12.0. The molecule has 5 amide bonds. The van der Waals surface area contributed by atoms with Crippen molar-refractivity contribution in [2.75, 3.05) is 19.8 Å². The fourth-order valence-corrected chi connectivity index (χ4v) is 4.20. The third-order valence-electron chi connectivity index (χ3n) is 6.92. The first-order valence-electron chi connectivity index (χ1n) is 15.2. The number of benzene rings is 1. The third kappa shape index (κ3) is 13.9. The number of amides is 5. The molecule has 0 saturated heterocycles. The normalized spacial score (nSPS) is 14.5. The van der Waals surface area contributed by atoms with Gasteiger partial charge in [0.1, 0.15) is 35.8 Å². The van der Waals surface area contributed by atoms with E-state index in [0.29, 0.717) is 17.6 Å². The summed E-state index contributed by atoms with van der Waals surface area (Å²) in [5.41, 5.74) is 5.50. The molecule has 5 atom stereocenters. The molecule has 46 heavy (non-hydrogen) atoms. The van der Waals surface area contributed by atoms with Crippen LogP contribution in [0.5, 0.6) is 5.75 Å². The van der Waals surface area contributed by atoms with Crippen LogP contribution in [0, 0.1) is 5.92 Å². The van der Waals surface area contributed by atoms with Gasteiger partial charge in [0.2, 0.25) is 17.7 Å². The van der Waals surface area contributed by atoms with Gasteiger partial charge in [-0.15, -0.1) is 0 Å². The highest BCUT2D eigenvalue weighted by Crippen LogP contribution is 2.15. The Morgan fingerprint density at radius 1 is 0.957 bits per heavy atom. The molecule has 0 bridgehead atoms. The highest BCUT2D eigenvalue weighted by atomic mass is 16.6. The van der Waals surface area contributed by atoms with Gasteiger partial charge in [0.15, 0.2) is 0 Å². The van der Waals surface area contributed by atoms with E-state index >= 15 is 0 Å². The fourth-order valence-electron chi connectivity index (χ4n) is 4.20. The number of phenolic OH excluding ortho intramolecular Hbond substituents is 1. The first kappa shape index (κ1) is 39.9. The number of unbranched alkanes of at least 4 members (excludes halogenated alkanes) is 2. The Morgan fingerprint density at radius 3 is 2.13 bits per heavy atom. The van der Waals surface area contributed by atoms with Gasteiger partial charge in [-0.05, 0) is 71.6 Å². The molecule has 0 aliphatic rings. The van der Waals surface area contributed by atoms with Crippen LogP contribution in [0.25, 0.3) is 0 Å². The number of hydrogen-bond acceptors (Lipinski definition) is 11. The molecular formula is C31H49N5O10. The van der Waals surface area contributed by atoms with Crippen molar-refractivity contribution in [1.29, 1.82) is 0 Å². The van der Waals surface area contributed by atoms with Gasteiger partial charge in [0, 0.05) is 25.5 Å². The number of nitrogens with two attached hydrogens (primary N) is 1. The topological polar surface area (TPSA) is 238 Å². The van der Waals surface area contributed by atoms with Crippen LogP contribution in [0.15, 0.2) is 24.3 Å². The quantitative estimate of drug-likeness (QED) is 0.0816. The summed E-state index contributed by atoms with van der Waals surface area (Å²) in [5, 5.41) is 35.7. The van der Waals surface area contributed by atoms with Crippen molar-refractivity contribution in [1.82, 2.24) is 20.9 Å². The number of aldehydes is 1. The minimum Gasteiger partial charge on any atom is -0.508 e. The van der Waals surface area contributed by atoms with Gasteiger partial charge in [0.25, 0.3) is 5.91 Å². The number of aliphatic hydroxyl groups excluding tert-OH is 2. The molecule has 0 radical (unpaired) electrons. The number of carbonyl (C=O) groups is 6. The summed E-state index contributed by atoms with van der Waals surface area (Å²) >= 11 is 0. The Labute approximate surface area is 269 Å². The van der Waals surface area contributed by atoms with E-state index in [0.717, 1.165) is 24.8 Å². The molecule has 1 aromatic carbocycles. The maximum absolute atomic E-state index is 13.2. The summed E-state index contributed by atoms with van der Waals surface area (Å²) in [6.07, 6.45) is 2.36. The summed E-state index contributed by atoms with van der Waals surface area (Å²) in [6.45, 7) is 5.64. The number of hydrogen-bond donors (Lipinski definition) is 7. The Balaban J connectivity index is 2.80. The maximum Gasteiger partial charge on any atom is 0.417 e. The highest BCUT2D eigenvalue weighted by molar-refractivity contribution is 6.01. The van der Waals surface area contributed by atoms with Crippen LogP contribution in [0.2, 0.25) is 0 Å². The minimum absolute atomic E-state index is 0.145. The Kier molecular flexibility index (Phi) is 16.9. The van der Waals surface area contributed by atoms with Crippen LogP contribution in [-0.2, 0) is 35.1 Å². The van der Waals surface area contributed by atoms with Crippen molar-refractivity contribution in [3.05, 3.63) is 29.8 Å². The molecule has 15 heteroatoms. The van der Waals surface area contributed by atoms with Crippen LogP contribution >= 0.6 is 0 Å².